The molecule has 0 bridgehead atoms. The van der Waals surface area contributed by atoms with Gasteiger partial charge in [0.15, 0.2) is 0 Å². The van der Waals surface area contributed by atoms with Crippen molar-refractivity contribution in [2.75, 3.05) is 20.3 Å². The highest BCUT2D eigenvalue weighted by Crippen LogP contribution is 2.26. The van der Waals surface area contributed by atoms with E-state index in [0.29, 0.717) is 6.61 Å². The van der Waals surface area contributed by atoms with E-state index in [1.807, 2.05) is 20.8 Å². The number of methoxy groups -OCH3 is 1. The molecule has 0 saturated heterocycles. The van der Waals surface area contributed by atoms with E-state index in [2.05, 4.69) is 0 Å². The van der Waals surface area contributed by atoms with Crippen LogP contribution in [0.15, 0.2) is 0 Å². The Morgan fingerprint density at radius 3 is 2.07 bits per heavy atom. The predicted molar refractivity (Wildman–Crippen MR) is 58.8 cm³/mol. The summed E-state index contributed by atoms with van der Waals surface area (Å²) in [6.45, 7) is 7.89. The minimum atomic E-state index is -0.573. The molecule has 4 heteroatoms. The van der Waals surface area contributed by atoms with Gasteiger partial charge in [-0.15, -0.1) is 0 Å². The fraction of sp³-hybridized carbons (Fsp3) is 1.00. The van der Waals surface area contributed by atoms with Gasteiger partial charge in [-0.05, 0) is 12.3 Å². The highest BCUT2D eigenvalue weighted by atomic mass is 16.5. The average molecular weight is 220 g/mol. The summed E-state index contributed by atoms with van der Waals surface area (Å²) in [5.41, 5.74) is -0.171. The van der Waals surface area contributed by atoms with Crippen molar-refractivity contribution in [1.82, 2.24) is 0 Å². The molecule has 0 aliphatic rings. The Kier molecular flexibility index (Phi) is 6.36. The van der Waals surface area contributed by atoms with Gasteiger partial charge in [0, 0.05) is 7.11 Å². The number of aliphatic hydroxyl groups excluding tert-OH is 2. The van der Waals surface area contributed by atoms with Gasteiger partial charge in [0.1, 0.15) is 6.10 Å². The second-order valence-corrected chi connectivity index (χ2v) is 4.92. The standard InChI is InChI=1S/C11H24O4/c1-8(13)10(11(2,3)4)15-9(6-12)7-14-5/h8-10,12-13H,6-7H2,1-5H3/t8-,9-,10-/m1/s1. The Hall–Kier alpha value is -0.160. The average Bonchev–Trinajstić information content (AvgIpc) is 2.09. The number of hydrogen-bond donors (Lipinski definition) is 2. The van der Waals surface area contributed by atoms with Crippen LogP contribution in [0.25, 0.3) is 0 Å². The molecule has 92 valence electrons. The van der Waals surface area contributed by atoms with Gasteiger partial charge in [0.25, 0.3) is 0 Å². The smallest absolute Gasteiger partial charge is 0.104 e. The molecular formula is C11H24O4. The molecule has 3 atom stereocenters. The van der Waals surface area contributed by atoms with Gasteiger partial charge >= 0.3 is 0 Å². The monoisotopic (exact) mass is 220 g/mol. The Labute approximate surface area is 92.2 Å². The Morgan fingerprint density at radius 2 is 1.80 bits per heavy atom. The molecule has 0 fully saturated rings. The lowest BCUT2D eigenvalue weighted by Gasteiger charge is -2.35. The summed E-state index contributed by atoms with van der Waals surface area (Å²) in [7, 11) is 1.56. The van der Waals surface area contributed by atoms with Gasteiger partial charge in [-0.2, -0.15) is 0 Å². The lowest BCUT2D eigenvalue weighted by Crippen LogP contribution is -2.43. The minimum absolute atomic E-state index is 0.104. The Balaban J connectivity index is 4.39. The molecule has 0 aromatic heterocycles. The van der Waals surface area contributed by atoms with E-state index >= 15 is 0 Å². The Morgan fingerprint density at radius 1 is 1.27 bits per heavy atom. The van der Waals surface area contributed by atoms with E-state index < -0.39 is 6.10 Å². The van der Waals surface area contributed by atoms with Crippen molar-refractivity contribution in [1.29, 1.82) is 0 Å². The maximum absolute atomic E-state index is 9.61. The molecule has 0 amide bonds. The molecule has 15 heavy (non-hydrogen) atoms. The molecule has 0 radical (unpaired) electrons. The van der Waals surface area contributed by atoms with Gasteiger partial charge in [0.2, 0.25) is 0 Å². The van der Waals surface area contributed by atoms with Crippen LogP contribution in [0.3, 0.4) is 0 Å². The highest BCUT2D eigenvalue weighted by molar-refractivity contribution is 4.80. The number of ether oxygens (including phenoxy) is 2. The van der Waals surface area contributed by atoms with Crippen LogP contribution in [0.4, 0.5) is 0 Å². The number of aliphatic hydroxyl groups is 2. The predicted octanol–water partition coefficient (Wildman–Crippen LogP) is 0.806. The largest absolute Gasteiger partial charge is 0.394 e. The zero-order chi connectivity index (χ0) is 12.1. The van der Waals surface area contributed by atoms with Crippen LogP contribution in [0.1, 0.15) is 27.7 Å². The zero-order valence-corrected chi connectivity index (χ0v) is 10.4. The molecule has 0 spiro atoms. The fourth-order valence-electron chi connectivity index (χ4n) is 1.57. The van der Waals surface area contributed by atoms with E-state index in [1.165, 1.54) is 0 Å². The molecule has 0 aromatic rings. The molecule has 0 aliphatic heterocycles. The fourth-order valence-corrected chi connectivity index (χ4v) is 1.57. The quantitative estimate of drug-likeness (QED) is 0.695. The van der Waals surface area contributed by atoms with Crippen LogP contribution < -0.4 is 0 Å². The summed E-state index contributed by atoms with van der Waals surface area (Å²) >= 11 is 0. The summed E-state index contributed by atoms with van der Waals surface area (Å²) in [5, 5.41) is 18.7. The maximum Gasteiger partial charge on any atom is 0.104 e. The molecular weight excluding hydrogens is 196 g/mol. The molecule has 0 heterocycles. The molecule has 4 nitrogen and oxygen atoms in total. The third-order valence-electron chi connectivity index (χ3n) is 2.19. The van der Waals surface area contributed by atoms with Crippen LogP contribution in [-0.4, -0.2) is 48.8 Å². The SMILES string of the molecule is COC[C@@H](CO)O[C@H]([C@@H](C)O)C(C)(C)C. The molecule has 0 aromatic carbocycles. The van der Waals surface area contributed by atoms with Crippen molar-refractivity contribution in [3.05, 3.63) is 0 Å². The van der Waals surface area contributed by atoms with Crippen molar-refractivity contribution in [3.63, 3.8) is 0 Å². The third-order valence-corrected chi connectivity index (χ3v) is 2.19. The van der Waals surface area contributed by atoms with Crippen molar-refractivity contribution >= 4 is 0 Å². The van der Waals surface area contributed by atoms with Crippen LogP contribution >= 0.6 is 0 Å². The van der Waals surface area contributed by atoms with Crippen molar-refractivity contribution in [3.8, 4) is 0 Å². The van der Waals surface area contributed by atoms with E-state index in [-0.39, 0.29) is 24.2 Å². The Bertz CT molecular complexity index is 162. The van der Waals surface area contributed by atoms with Gasteiger partial charge in [-0.3, -0.25) is 0 Å². The van der Waals surface area contributed by atoms with Crippen LogP contribution in [0, 0.1) is 5.41 Å². The first-order valence-electron chi connectivity index (χ1n) is 5.26. The molecule has 0 rings (SSSR count). The normalized spacial score (nSPS) is 18.6. The summed E-state index contributed by atoms with van der Waals surface area (Å²) in [5.74, 6) is 0. The first kappa shape index (κ1) is 14.8. The van der Waals surface area contributed by atoms with E-state index in [0.717, 1.165) is 0 Å². The maximum atomic E-state index is 9.61. The molecule has 0 unspecified atom stereocenters. The third kappa shape index (κ3) is 5.47. The minimum Gasteiger partial charge on any atom is -0.394 e. The number of hydrogen-bond acceptors (Lipinski definition) is 4. The molecule has 2 N–H and O–H groups in total. The first-order valence-corrected chi connectivity index (χ1v) is 5.26. The number of rotatable bonds is 6. The summed E-state index contributed by atoms with van der Waals surface area (Å²) in [6, 6.07) is 0. The second-order valence-electron chi connectivity index (χ2n) is 4.92. The molecule has 0 saturated carbocycles. The lowest BCUT2D eigenvalue weighted by atomic mass is 9.86. The van der Waals surface area contributed by atoms with Crippen LogP contribution in [0.2, 0.25) is 0 Å². The van der Waals surface area contributed by atoms with Gasteiger partial charge < -0.3 is 19.7 Å². The van der Waals surface area contributed by atoms with Crippen molar-refractivity contribution in [2.45, 2.75) is 46.0 Å². The van der Waals surface area contributed by atoms with E-state index in [9.17, 15) is 5.11 Å². The van der Waals surface area contributed by atoms with Crippen molar-refractivity contribution in [2.24, 2.45) is 5.41 Å². The van der Waals surface area contributed by atoms with Gasteiger partial charge in [0.05, 0.1) is 25.4 Å². The van der Waals surface area contributed by atoms with Gasteiger partial charge in [-0.25, -0.2) is 0 Å². The highest BCUT2D eigenvalue weighted by Gasteiger charge is 2.31. The summed E-state index contributed by atoms with van der Waals surface area (Å²) in [6.07, 6.45) is -1.27. The summed E-state index contributed by atoms with van der Waals surface area (Å²) in [4.78, 5) is 0. The van der Waals surface area contributed by atoms with E-state index in [4.69, 9.17) is 14.6 Å². The first-order chi connectivity index (χ1) is 6.82. The van der Waals surface area contributed by atoms with Crippen LogP contribution in [0.5, 0.6) is 0 Å². The zero-order valence-electron chi connectivity index (χ0n) is 10.4. The molecule has 0 aliphatic carbocycles. The second kappa shape index (κ2) is 6.43. The summed E-state index contributed by atoms with van der Waals surface area (Å²) < 4.78 is 10.6. The lowest BCUT2D eigenvalue weighted by molar-refractivity contribution is -0.144. The van der Waals surface area contributed by atoms with Crippen LogP contribution in [-0.2, 0) is 9.47 Å². The topological polar surface area (TPSA) is 58.9 Å². The van der Waals surface area contributed by atoms with E-state index in [1.54, 1.807) is 14.0 Å². The van der Waals surface area contributed by atoms with Gasteiger partial charge in [-0.1, -0.05) is 20.8 Å². The van der Waals surface area contributed by atoms with Crippen molar-refractivity contribution < 1.29 is 19.7 Å².